The maximum absolute atomic E-state index is 13.2. The van der Waals surface area contributed by atoms with Gasteiger partial charge >= 0.3 is 0 Å². The van der Waals surface area contributed by atoms with Gasteiger partial charge < -0.3 is 15.0 Å². The van der Waals surface area contributed by atoms with Gasteiger partial charge in [-0.2, -0.15) is 4.31 Å². The number of carbonyl (C=O) groups excluding carboxylic acids is 2. The van der Waals surface area contributed by atoms with Crippen molar-refractivity contribution in [3.8, 4) is 0 Å². The number of hydrogen-bond donors (Lipinski definition) is 1. The predicted molar refractivity (Wildman–Crippen MR) is 122 cm³/mol. The Bertz CT molecular complexity index is 929. The Balaban J connectivity index is 1.62. The maximum atomic E-state index is 13.2. The van der Waals surface area contributed by atoms with Crippen molar-refractivity contribution in [1.29, 1.82) is 0 Å². The topological polar surface area (TPSA) is 96.0 Å². The zero-order chi connectivity index (χ0) is 23.3. The van der Waals surface area contributed by atoms with E-state index in [1.807, 2.05) is 18.7 Å². The summed E-state index contributed by atoms with van der Waals surface area (Å²) in [6.07, 6.45) is 3.80. The van der Waals surface area contributed by atoms with Crippen molar-refractivity contribution in [2.75, 3.05) is 32.7 Å². The molecule has 2 saturated heterocycles. The molecule has 2 atom stereocenters. The van der Waals surface area contributed by atoms with E-state index in [0.717, 1.165) is 25.8 Å². The van der Waals surface area contributed by atoms with Crippen LogP contribution in [0, 0.1) is 0 Å². The van der Waals surface area contributed by atoms with Crippen molar-refractivity contribution in [3.05, 3.63) is 28.8 Å². The van der Waals surface area contributed by atoms with Gasteiger partial charge in [0, 0.05) is 44.7 Å². The van der Waals surface area contributed by atoms with E-state index in [1.165, 1.54) is 22.5 Å². The molecule has 3 rings (SSSR count). The molecule has 0 aliphatic carbocycles. The van der Waals surface area contributed by atoms with E-state index in [-0.39, 0.29) is 52.6 Å². The summed E-state index contributed by atoms with van der Waals surface area (Å²) < 4.78 is 33.3. The van der Waals surface area contributed by atoms with Gasteiger partial charge in [-0.05, 0) is 51.3 Å². The summed E-state index contributed by atoms with van der Waals surface area (Å²) in [6.45, 7) is 5.87. The molecular formula is C22H32ClN3O5S. The highest BCUT2D eigenvalue weighted by Crippen LogP contribution is 2.28. The van der Waals surface area contributed by atoms with Crippen molar-refractivity contribution in [2.24, 2.45) is 0 Å². The number of halogens is 1. The summed E-state index contributed by atoms with van der Waals surface area (Å²) >= 11 is 6.21. The number of rotatable bonds is 7. The number of amides is 2. The van der Waals surface area contributed by atoms with Crippen LogP contribution in [0.2, 0.25) is 5.02 Å². The first-order valence-corrected chi connectivity index (χ1v) is 13.0. The van der Waals surface area contributed by atoms with Gasteiger partial charge in [0.05, 0.1) is 17.2 Å². The first-order valence-electron chi connectivity index (χ1n) is 11.2. The highest BCUT2D eigenvalue weighted by atomic mass is 35.5. The normalized spacial score (nSPS) is 23.1. The second kappa shape index (κ2) is 11.0. The molecule has 0 saturated carbocycles. The number of hydrogen-bond acceptors (Lipinski definition) is 5. The number of morpholine rings is 1. The van der Waals surface area contributed by atoms with Crippen LogP contribution in [-0.4, -0.2) is 74.4 Å². The molecule has 2 amide bonds. The molecule has 1 N–H and O–H groups in total. The van der Waals surface area contributed by atoms with Crippen molar-refractivity contribution in [2.45, 2.75) is 63.1 Å². The van der Waals surface area contributed by atoms with E-state index >= 15 is 0 Å². The molecular weight excluding hydrogens is 454 g/mol. The lowest BCUT2D eigenvalue weighted by Crippen LogP contribution is -2.48. The minimum atomic E-state index is -3.87. The van der Waals surface area contributed by atoms with Gasteiger partial charge in [-0.1, -0.05) is 18.0 Å². The number of ether oxygens (including phenoxy) is 1. The Morgan fingerprint density at radius 3 is 2.62 bits per heavy atom. The lowest BCUT2D eigenvalue weighted by Gasteiger charge is -2.34. The van der Waals surface area contributed by atoms with Gasteiger partial charge in [0.25, 0.3) is 5.91 Å². The maximum Gasteiger partial charge on any atom is 0.251 e. The predicted octanol–water partition coefficient (Wildman–Crippen LogP) is 2.66. The molecule has 0 radical (unpaired) electrons. The Morgan fingerprint density at radius 2 is 1.91 bits per heavy atom. The van der Waals surface area contributed by atoms with Gasteiger partial charge in [-0.3, -0.25) is 9.59 Å². The zero-order valence-corrected chi connectivity index (χ0v) is 20.3. The molecule has 8 nitrogen and oxygen atoms in total. The summed E-state index contributed by atoms with van der Waals surface area (Å²) in [5.41, 5.74) is 0.230. The van der Waals surface area contributed by atoms with Gasteiger partial charge in [0.15, 0.2) is 0 Å². The van der Waals surface area contributed by atoms with E-state index < -0.39 is 10.0 Å². The fourth-order valence-corrected chi connectivity index (χ4v) is 6.25. The van der Waals surface area contributed by atoms with E-state index in [2.05, 4.69) is 5.32 Å². The second-order valence-corrected chi connectivity index (χ2v) is 10.8. The van der Waals surface area contributed by atoms with Crippen molar-refractivity contribution in [1.82, 2.24) is 14.5 Å². The van der Waals surface area contributed by atoms with Gasteiger partial charge in [0.2, 0.25) is 15.9 Å². The van der Waals surface area contributed by atoms with E-state index in [9.17, 15) is 18.0 Å². The summed E-state index contributed by atoms with van der Waals surface area (Å²) in [4.78, 5) is 26.5. The fraction of sp³-hybridized carbons (Fsp3) is 0.636. The third-order valence-corrected chi connectivity index (χ3v) is 8.07. The van der Waals surface area contributed by atoms with E-state index in [1.54, 1.807) is 0 Å². The first kappa shape index (κ1) is 25.0. The van der Waals surface area contributed by atoms with Crippen LogP contribution in [0.3, 0.4) is 0 Å². The van der Waals surface area contributed by atoms with Crippen LogP contribution in [0.5, 0.6) is 0 Å². The summed E-state index contributed by atoms with van der Waals surface area (Å²) in [5, 5.41) is 2.89. The summed E-state index contributed by atoms with van der Waals surface area (Å²) in [7, 11) is -3.87. The lowest BCUT2D eigenvalue weighted by atomic mass is 10.2. The van der Waals surface area contributed by atoms with Crippen LogP contribution in [0.25, 0.3) is 0 Å². The molecule has 178 valence electrons. The third-order valence-electron chi connectivity index (χ3n) is 5.76. The molecule has 2 aliphatic rings. The number of carbonyl (C=O) groups is 2. The molecule has 0 unspecified atom stereocenters. The van der Waals surface area contributed by atoms with Crippen molar-refractivity contribution >= 4 is 33.4 Å². The number of sulfonamides is 1. The van der Waals surface area contributed by atoms with Crippen molar-refractivity contribution in [3.63, 3.8) is 0 Å². The lowest BCUT2D eigenvalue weighted by molar-refractivity contribution is -0.130. The number of likely N-dealkylation sites (tertiary alicyclic amines) is 1. The largest absolute Gasteiger partial charge is 0.373 e. The molecule has 0 bridgehead atoms. The Hall–Kier alpha value is -1.68. The average Bonchev–Trinajstić information content (AvgIpc) is 2.94. The van der Waals surface area contributed by atoms with Crippen LogP contribution in [0.15, 0.2) is 23.1 Å². The molecule has 10 heteroatoms. The highest BCUT2D eigenvalue weighted by molar-refractivity contribution is 7.89. The van der Waals surface area contributed by atoms with Crippen LogP contribution in [0.4, 0.5) is 0 Å². The first-order chi connectivity index (χ1) is 15.2. The number of nitrogens with one attached hydrogen (secondary N) is 1. The minimum absolute atomic E-state index is 0.0769. The Morgan fingerprint density at radius 1 is 1.19 bits per heavy atom. The average molecular weight is 486 g/mol. The Labute approximate surface area is 195 Å². The molecule has 1 aromatic carbocycles. The van der Waals surface area contributed by atoms with Gasteiger partial charge in [-0.25, -0.2) is 8.42 Å². The Kier molecular flexibility index (Phi) is 8.55. The highest BCUT2D eigenvalue weighted by Gasteiger charge is 2.33. The smallest absolute Gasteiger partial charge is 0.251 e. The third kappa shape index (κ3) is 6.21. The van der Waals surface area contributed by atoms with Crippen LogP contribution in [0.1, 0.15) is 56.3 Å². The molecule has 0 spiro atoms. The fourth-order valence-electron chi connectivity index (χ4n) is 4.16. The number of nitrogens with zero attached hydrogens (tertiary/aromatic N) is 2. The molecule has 32 heavy (non-hydrogen) atoms. The molecule has 2 heterocycles. The zero-order valence-electron chi connectivity index (χ0n) is 18.7. The van der Waals surface area contributed by atoms with E-state index in [4.69, 9.17) is 16.3 Å². The minimum Gasteiger partial charge on any atom is -0.373 e. The summed E-state index contributed by atoms with van der Waals surface area (Å²) in [5.74, 6) is -0.197. The van der Waals surface area contributed by atoms with Crippen LogP contribution in [-0.2, 0) is 19.6 Å². The second-order valence-electron chi connectivity index (χ2n) is 8.53. The molecule has 2 fully saturated rings. The van der Waals surface area contributed by atoms with Crippen molar-refractivity contribution < 1.29 is 22.7 Å². The van der Waals surface area contributed by atoms with Crippen LogP contribution < -0.4 is 5.32 Å². The number of benzene rings is 1. The van der Waals surface area contributed by atoms with Crippen LogP contribution >= 0.6 is 11.6 Å². The SMILES string of the molecule is C[C@H]1CN(S(=O)(=O)c2cc(C(=O)NCCCN3CCCCCC3=O)ccc2Cl)C[C@H](C)O1. The molecule has 2 aliphatic heterocycles. The molecule has 0 aromatic heterocycles. The molecule has 1 aromatic rings. The quantitative estimate of drug-likeness (QED) is 0.599. The van der Waals surface area contributed by atoms with Gasteiger partial charge in [-0.15, -0.1) is 0 Å². The monoisotopic (exact) mass is 485 g/mol. The summed E-state index contributed by atoms with van der Waals surface area (Å²) in [6, 6.07) is 4.28. The van der Waals surface area contributed by atoms with Gasteiger partial charge in [0.1, 0.15) is 4.90 Å². The standard InChI is InChI=1S/C22H32ClN3O5S/c1-16-14-26(15-17(2)31-16)32(29,30)20-13-18(8-9-19(20)23)22(28)24-10-6-12-25-11-5-3-4-7-21(25)27/h8-9,13,16-17H,3-7,10-12,14-15H2,1-2H3,(H,24,28)/t16-,17-/m0/s1. The van der Waals surface area contributed by atoms with E-state index in [0.29, 0.717) is 25.9 Å².